The highest BCUT2D eigenvalue weighted by Crippen LogP contribution is 2.26. The van der Waals surface area contributed by atoms with Crippen LogP contribution in [0.1, 0.15) is 5.56 Å². The van der Waals surface area contributed by atoms with E-state index in [0.717, 1.165) is 5.56 Å². The predicted molar refractivity (Wildman–Crippen MR) is 104 cm³/mol. The molecule has 0 saturated heterocycles. The Morgan fingerprint density at radius 1 is 1.12 bits per heavy atom. The van der Waals surface area contributed by atoms with Crippen LogP contribution >= 0.6 is 34.7 Å². The first-order valence-electron chi connectivity index (χ1n) is 7.58. The van der Waals surface area contributed by atoms with Crippen LogP contribution in [0.15, 0.2) is 52.9 Å². The number of rotatable bonds is 7. The molecule has 134 valence electrons. The fourth-order valence-corrected chi connectivity index (χ4v) is 3.65. The van der Waals surface area contributed by atoms with Crippen molar-refractivity contribution in [1.29, 1.82) is 0 Å². The first-order chi connectivity index (χ1) is 12.6. The van der Waals surface area contributed by atoms with Gasteiger partial charge in [0.05, 0.1) is 5.75 Å². The summed E-state index contributed by atoms with van der Waals surface area (Å²) < 4.78 is 13.6. The number of carbonyl (C=O) groups excluding carboxylic acids is 1. The van der Waals surface area contributed by atoms with Gasteiger partial charge in [0.1, 0.15) is 5.82 Å². The summed E-state index contributed by atoms with van der Waals surface area (Å²) in [5.41, 5.74) is 1.64. The SMILES string of the molecule is O=C(CSc1nnc(NCc2ccc(F)cc2)s1)Nc1ccc(Cl)cc1. The number of hydrogen-bond donors (Lipinski definition) is 2. The average molecular weight is 409 g/mol. The molecule has 0 atom stereocenters. The van der Waals surface area contributed by atoms with Crippen molar-refractivity contribution in [3.05, 3.63) is 64.9 Å². The van der Waals surface area contributed by atoms with Crippen molar-refractivity contribution in [1.82, 2.24) is 10.2 Å². The molecule has 0 bridgehead atoms. The summed E-state index contributed by atoms with van der Waals surface area (Å²) in [6.45, 7) is 0.524. The van der Waals surface area contributed by atoms with Crippen molar-refractivity contribution < 1.29 is 9.18 Å². The Balaban J connectivity index is 1.45. The largest absolute Gasteiger partial charge is 0.356 e. The van der Waals surface area contributed by atoms with E-state index >= 15 is 0 Å². The number of halogens is 2. The van der Waals surface area contributed by atoms with E-state index in [4.69, 9.17) is 11.6 Å². The van der Waals surface area contributed by atoms with E-state index < -0.39 is 0 Å². The Morgan fingerprint density at radius 2 is 1.85 bits per heavy atom. The van der Waals surface area contributed by atoms with Crippen LogP contribution in [-0.2, 0) is 11.3 Å². The monoisotopic (exact) mass is 408 g/mol. The molecule has 0 saturated carbocycles. The quantitative estimate of drug-likeness (QED) is 0.556. The number of anilines is 2. The third-order valence-electron chi connectivity index (χ3n) is 3.22. The van der Waals surface area contributed by atoms with E-state index in [1.54, 1.807) is 36.4 Å². The zero-order valence-corrected chi connectivity index (χ0v) is 15.8. The molecule has 9 heteroatoms. The highest BCUT2D eigenvalue weighted by atomic mass is 35.5. The molecule has 1 aromatic heterocycles. The lowest BCUT2D eigenvalue weighted by molar-refractivity contribution is -0.113. The summed E-state index contributed by atoms with van der Waals surface area (Å²) >= 11 is 8.49. The molecule has 0 aliphatic heterocycles. The van der Waals surface area contributed by atoms with Gasteiger partial charge in [-0.1, -0.05) is 46.8 Å². The fourth-order valence-electron chi connectivity index (χ4n) is 1.98. The summed E-state index contributed by atoms with van der Waals surface area (Å²) in [5.74, 6) is -0.163. The molecule has 3 aromatic rings. The van der Waals surface area contributed by atoms with Crippen LogP contribution in [0, 0.1) is 5.82 Å². The molecular weight excluding hydrogens is 395 g/mol. The minimum atomic E-state index is -0.264. The molecule has 0 unspecified atom stereocenters. The van der Waals surface area contributed by atoms with Gasteiger partial charge in [0.15, 0.2) is 4.34 Å². The molecule has 26 heavy (non-hydrogen) atoms. The second-order valence-electron chi connectivity index (χ2n) is 5.20. The summed E-state index contributed by atoms with van der Waals surface area (Å²) in [7, 11) is 0. The van der Waals surface area contributed by atoms with Gasteiger partial charge in [0.2, 0.25) is 11.0 Å². The molecule has 3 rings (SSSR count). The number of nitrogens with zero attached hydrogens (tertiary/aromatic N) is 2. The van der Waals surface area contributed by atoms with E-state index in [0.29, 0.717) is 26.7 Å². The number of thioether (sulfide) groups is 1. The molecule has 2 N–H and O–H groups in total. The molecule has 1 heterocycles. The number of nitrogens with one attached hydrogen (secondary N) is 2. The number of hydrogen-bond acceptors (Lipinski definition) is 6. The second-order valence-corrected chi connectivity index (χ2v) is 7.83. The van der Waals surface area contributed by atoms with Crippen molar-refractivity contribution in [2.24, 2.45) is 0 Å². The number of carbonyl (C=O) groups is 1. The molecule has 0 spiro atoms. The van der Waals surface area contributed by atoms with Crippen LogP contribution < -0.4 is 10.6 Å². The van der Waals surface area contributed by atoms with Crippen molar-refractivity contribution in [3.8, 4) is 0 Å². The van der Waals surface area contributed by atoms with Crippen LogP contribution in [0.3, 0.4) is 0 Å². The first kappa shape index (κ1) is 18.6. The summed E-state index contributed by atoms with van der Waals surface area (Å²) in [5, 5.41) is 15.3. The smallest absolute Gasteiger partial charge is 0.234 e. The number of amides is 1. The Kier molecular flexibility index (Phi) is 6.43. The van der Waals surface area contributed by atoms with Crippen LogP contribution in [0.5, 0.6) is 0 Å². The van der Waals surface area contributed by atoms with Crippen molar-refractivity contribution in [3.63, 3.8) is 0 Å². The highest BCUT2D eigenvalue weighted by molar-refractivity contribution is 8.01. The average Bonchev–Trinajstić information content (AvgIpc) is 3.09. The van der Waals surface area contributed by atoms with Crippen LogP contribution in [0.2, 0.25) is 5.02 Å². The number of benzene rings is 2. The van der Waals surface area contributed by atoms with Gasteiger partial charge in [-0.05, 0) is 42.0 Å². The molecule has 1 amide bonds. The molecule has 0 aliphatic rings. The van der Waals surface area contributed by atoms with E-state index in [1.807, 2.05) is 0 Å². The Hall–Kier alpha value is -2.16. The van der Waals surface area contributed by atoms with Crippen LogP contribution in [0.4, 0.5) is 15.2 Å². The van der Waals surface area contributed by atoms with Crippen LogP contribution in [0.25, 0.3) is 0 Å². The lowest BCUT2D eigenvalue weighted by Crippen LogP contribution is -2.13. The fraction of sp³-hybridized carbons (Fsp3) is 0.118. The van der Waals surface area contributed by atoms with E-state index in [2.05, 4.69) is 20.8 Å². The van der Waals surface area contributed by atoms with Gasteiger partial charge in [0, 0.05) is 17.3 Å². The zero-order chi connectivity index (χ0) is 18.4. The Bertz CT molecular complexity index is 871. The van der Waals surface area contributed by atoms with Crippen molar-refractivity contribution >= 4 is 51.4 Å². The van der Waals surface area contributed by atoms with Gasteiger partial charge in [-0.2, -0.15) is 0 Å². The normalized spacial score (nSPS) is 10.5. The maximum absolute atomic E-state index is 12.9. The Morgan fingerprint density at radius 3 is 2.58 bits per heavy atom. The molecule has 2 aromatic carbocycles. The minimum absolute atomic E-state index is 0.131. The lowest BCUT2D eigenvalue weighted by atomic mass is 10.2. The van der Waals surface area contributed by atoms with Crippen molar-refractivity contribution in [2.75, 3.05) is 16.4 Å². The highest BCUT2D eigenvalue weighted by Gasteiger charge is 2.08. The van der Waals surface area contributed by atoms with Crippen molar-refractivity contribution in [2.45, 2.75) is 10.9 Å². The summed E-state index contributed by atoms with van der Waals surface area (Å²) in [6, 6.07) is 13.2. The van der Waals surface area contributed by atoms with Gasteiger partial charge < -0.3 is 10.6 Å². The van der Waals surface area contributed by atoms with Crippen LogP contribution in [-0.4, -0.2) is 21.9 Å². The van der Waals surface area contributed by atoms with E-state index in [1.165, 1.54) is 35.2 Å². The third-order valence-corrected chi connectivity index (χ3v) is 5.48. The number of aromatic nitrogens is 2. The zero-order valence-electron chi connectivity index (χ0n) is 13.4. The maximum Gasteiger partial charge on any atom is 0.234 e. The Labute approximate surface area is 163 Å². The molecule has 0 radical (unpaired) electrons. The second kappa shape index (κ2) is 8.98. The summed E-state index contributed by atoms with van der Waals surface area (Å²) in [6.07, 6.45) is 0. The van der Waals surface area contributed by atoms with Gasteiger partial charge >= 0.3 is 0 Å². The van der Waals surface area contributed by atoms with Gasteiger partial charge in [-0.3, -0.25) is 4.79 Å². The van der Waals surface area contributed by atoms with Gasteiger partial charge in [0.25, 0.3) is 0 Å². The van der Waals surface area contributed by atoms with Gasteiger partial charge in [-0.25, -0.2) is 4.39 Å². The molecule has 0 fully saturated rings. The minimum Gasteiger partial charge on any atom is -0.356 e. The van der Waals surface area contributed by atoms with E-state index in [9.17, 15) is 9.18 Å². The van der Waals surface area contributed by atoms with Gasteiger partial charge in [-0.15, -0.1) is 10.2 Å². The molecule has 5 nitrogen and oxygen atoms in total. The molecular formula is C17H14ClFN4OS2. The maximum atomic E-state index is 12.9. The standard InChI is InChI=1S/C17H14ClFN4OS2/c18-12-3-7-14(8-4-12)21-15(24)10-25-17-23-22-16(26-17)20-9-11-1-5-13(19)6-2-11/h1-8H,9-10H2,(H,20,22)(H,21,24). The molecule has 0 aliphatic carbocycles. The lowest BCUT2D eigenvalue weighted by Gasteiger charge is -2.03. The van der Waals surface area contributed by atoms with E-state index in [-0.39, 0.29) is 17.5 Å². The third kappa shape index (κ3) is 5.69. The summed E-state index contributed by atoms with van der Waals surface area (Å²) in [4.78, 5) is 12.0. The first-order valence-corrected chi connectivity index (χ1v) is 9.76. The topological polar surface area (TPSA) is 66.9 Å². The predicted octanol–water partition coefficient (Wildman–Crippen LogP) is 4.67.